The fourth-order valence-corrected chi connectivity index (χ4v) is 3.34. The van der Waals surface area contributed by atoms with Crippen molar-refractivity contribution in [3.8, 4) is 17.0 Å². The Balaban J connectivity index is 1.52. The first-order valence-corrected chi connectivity index (χ1v) is 10.0. The molecule has 30 heavy (non-hydrogen) atoms. The molecule has 0 aliphatic heterocycles. The fraction of sp³-hybridized carbons (Fsp3) is 0.200. The molecule has 0 saturated carbocycles. The lowest BCUT2D eigenvalue weighted by molar-refractivity contribution is 0.134. The van der Waals surface area contributed by atoms with E-state index in [2.05, 4.69) is 30.1 Å². The molecular formula is C25H24N2O3. The Morgan fingerprint density at radius 1 is 1.07 bits per heavy atom. The van der Waals surface area contributed by atoms with Crippen LogP contribution in [-0.4, -0.2) is 16.2 Å². The third-order valence-electron chi connectivity index (χ3n) is 5.03. The highest BCUT2D eigenvalue weighted by atomic mass is 16.5. The first-order chi connectivity index (χ1) is 14.6. The van der Waals surface area contributed by atoms with Crippen molar-refractivity contribution in [2.45, 2.75) is 26.9 Å². The first-order valence-electron chi connectivity index (χ1n) is 10.0. The summed E-state index contributed by atoms with van der Waals surface area (Å²) in [5.74, 6) is 1.38. The van der Waals surface area contributed by atoms with Gasteiger partial charge < -0.3 is 9.15 Å². The SMILES string of the molecule is CCOCc1ccc(C)c(Cc2ncc(-c3ccc(-n4ccccc4=O)cc3)o2)c1. The summed E-state index contributed by atoms with van der Waals surface area (Å²) >= 11 is 0. The number of oxazole rings is 1. The number of rotatable bonds is 7. The molecule has 0 aliphatic rings. The van der Waals surface area contributed by atoms with E-state index in [4.69, 9.17) is 9.15 Å². The molecule has 0 fully saturated rings. The number of aryl methyl sites for hydroxylation is 1. The predicted molar refractivity (Wildman–Crippen MR) is 117 cm³/mol. The molecule has 0 spiro atoms. The zero-order chi connectivity index (χ0) is 20.9. The van der Waals surface area contributed by atoms with Crippen LogP contribution in [0.3, 0.4) is 0 Å². The molecule has 0 amide bonds. The van der Waals surface area contributed by atoms with Crippen molar-refractivity contribution in [2.75, 3.05) is 6.61 Å². The van der Waals surface area contributed by atoms with Gasteiger partial charge >= 0.3 is 0 Å². The van der Waals surface area contributed by atoms with Gasteiger partial charge in [-0.15, -0.1) is 0 Å². The molecule has 0 N–H and O–H groups in total. The lowest BCUT2D eigenvalue weighted by Gasteiger charge is -2.08. The number of ether oxygens (including phenoxy) is 1. The maximum Gasteiger partial charge on any atom is 0.255 e. The van der Waals surface area contributed by atoms with Crippen LogP contribution in [-0.2, 0) is 17.8 Å². The van der Waals surface area contributed by atoms with E-state index in [-0.39, 0.29) is 5.56 Å². The number of aromatic nitrogens is 2. The van der Waals surface area contributed by atoms with Crippen LogP contribution in [0.1, 0.15) is 29.5 Å². The predicted octanol–water partition coefficient (Wildman–Crippen LogP) is 4.93. The summed E-state index contributed by atoms with van der Waals surface area (Å²) in [6, 6.07) is 19.2. The molecule has 4 aromatic rings. The van der Waals surface area contributed by atoms with Crippen molar-refractivity contribution in [1.82, 2.24) is 9.55 Å². The second kappa shape index (κ2) is 8.93. The molecule has 0 radical (unpaired) electrons. The van der Waals surface area contributed by atoms with Gasteiger partial charge in [0.15, 0.2) is 11.7 Å². The first kappa shape index (κ1) is 19.9. The normalized spacial score (nSPS) is 11.0. The van der Waals surface area contributed by atoms with Crippen molar-refractivity contribution in [3.05, 3.63) is 106 Å². The molecular weight excluding hydrogens is 376 g/mol. The summed E-state index contributed by atoms with van der Waals surface area (Å²) < 4.78 is 13.1. The number of nitrogens with zero attached hydrogens (tertiary/aromatic N) is 2. The molecule has 2 aromatic heterocycles. The Bertz CT molecular complexity index is 1190. The summed E-state index contributed by atoms with van der Waals surface area (Å²) in [7, 11) is 0. The molecule has 0 aliphatic carbocycles. The minimum absolute atomic E-state index is 0.0610. The number of pyridine rings is 1. The van der Waals surface area contributed by atoms with Gasteiger partial charge in [0.05, 0.1) is 12.8 Å². The number of benzene rings is 2. The zero-order valence-electron chi connectivity index (χ0n) is 17.2. The van der Waals surface area contributed by atoms with Crippen LogP contribution in [0.2, 0.25) is 0 Å². The third kappa shape index (κ3) is 4.42. The molecule has 5 heteroatoms. The Morgan fingerprint density at radius 3 is 2.67 bits per heavy atom. The lowest BCUT2D eigenvalue weighted by atomic mass is 10.0. The van der Waals surface area contributed by atoms with Crippen molar-refractivity contribution in [2.24, 2.45) is 0 Å². The maximum atomic E-state index is 12.0. The molecule has 0 unspecified atom stereocenters. The summed E-state index contributed by atoms with van der Waals surface area (Å²) in [5.41, 5.74) is 5.20. The van der Waals surface area contributed by atoms with E-state index in [1.165, 1.54) is 11.1 Å². The summed E-state index contributed by atoms with van der Waals surface area (Å²) in [6.45, 7) is 5.39. The molecule has 4 rings (SSSR count). The molecule has 2 heterocycles. The maximum absolute atomic E-state index is 12.0. The fourth-order valence-electron chi connectivity index (χ4n) is 3.34. The third-order valence-corrected chi connectivity index (χ3v) is 5.03. The Morgan fingerprint density at radius 2 is 1.90 bits per heavy atom. The van der Waals surface area contributed by atoms with Gasteiger partial charge in [-0.2, -0.15) is 0 Å². The lowest BCUT2D eigenvalue weighted by Crippen LogP contribution is -2.15. The summed E-state index contributed by atoms with van der Waals surface area (Å²) in [6.07, 6.45) is 4.13. The van der Waals surface area contributed by atoms with Crippen LogP contribution in [0.15, 0.2) is 82.3 Å². The largest absolute Gasteiger partial charge is 0.440 e. The highest BCUT2D eigenvalue weighted by Gasteiger charge is 2.10. The summed E-state index contributed by atoms with van der Waals surface area (Å²) in [5, 5.41) is 0. The number of hydrogen-bond donors (Lipinski definition) is 0. The van der Waals surface area contributed by atoms with Crippen molar-refractivity contribution >= 4 is 0 Å². The topological polar surface area (TPSA) is 57.3 Å². The van der Waals surface area contributed by atoms with Crippen molar-refractivity contribution in [3.63, 3.8) is 0 Å². The van der Waals surface area contributed by atoms with Gasteiger partial charge in [-0.05, 0) is 60.9 Å². The molecule has 0 atom stereocenters. The van der Waals surface area contributed by atoms with Gasteiger partial charge in [0, 0.05) is 36.5 Å². The standard InChI is InChI=1S/C25H24N2O3/c1-3-29-17-19-8-7-18(2)21(14-19)15-24-26-16-23(30-24)20-9-11-22(12-10-20)27-13-5-4-6-25(27)28/h4-14,16H,3,15,17H2,1-2H3. The Hall–Kier alpha value is -3.44. The van der Waals surface area contributed by atoms with Gasteiger partial charge in [0.25, 0.3) is 5.56 Å². The van der Waals surface area contributed by atoms with Crippen molar-refractivity contribution in [1.29, 1.82) is 0 Å². The van der Waals surface area contributed by atoms with Crippen LogP contribution in [0.25, 0.3) is 17.0 Å². The molecule has 0 bridgehead atoms. The van der Waals surface area contributed by atoms with Gasteiger partial charge in [0.2, 0.25) is 0 Å². The second-order valence-electron chi connectivity index (χ2n) is 7.15. The highest BCUT2D eigenvalue weighted by Crippen LogP contribution is 2.24. The second-order valence-corrected chi connectivity index (χ2v) is 7.15. The van der Waals surface area contributed by atoms with E-state index in [9.17, 15) is 4.79 Å². The van der Waals surface area contributed by atoms with E-state index in [1.54, 1.807) is 29.1 Å². The molecule has 152 valence electrons. The molecule has 2 aromatic carbocycles. The van der Waals surface area contributed by atoms with Gasteiger partial charge in [-0.25, -0.2) is 4.98 Å². The van der Waals surface area contributed by atoms with E-state index < -0.39 is 0 Å². The Labute approximate surface area is 175 Å². The average Bonchev–Trinajstić information content (AvgIpc) is 3.23. The van der Waals surface area contributed by atoms with Crippen LogP contribution in [0.5, 0.6) is 0 Å². The zero-order valence-corrected chi connectivity index (χ0v) is 17.2. The Kier molecular flexibility index (Phi) is 5.91. The van der Waals surface area contributed by atoms with E-state index >= 15 is 0 Å². The quantitative estimate of drug-likeness (QED) is 0.441. The van der Waals surface area contributed by atoms with Crippen LogP contribution in [0, 0.1) is 6.92 Å². The van der Waals surface area contributed by atoms with Crippen LogP contribution < -0.4 is 5.56 Å². The minimum Gasteiger partial charge on any atom is -0.440 e. The number of hydrogen-bond acceptors (Lipinski definition) is 4. The highest BCUT2D eigenvalue weighted by molar-refractivity contribution is 5.58. The van der Waals surface area contributed by atoms with E-state index in [0.717, 1.165) is 16.8 Å². The monoisotopic (exact) mass is 400 g/mol. The smallest absolute Gasteiger partial charge is 0.255 e. The van der Waals surface area contributed by atoms with Crippen LogP contribution >= 0.6 is 0 Å². The molecule has 5 nitrogen and oxygen atoms in total. The minimum atomic E-state index is -0.0610. The van der Waals surface area contributed by atoms with Crippen LogP contribution in [0.4, 0.5) is 0 Å². The van der Waals surface area contributed by atoms with Gasteiger partial charge in [-0.3, -0.25) is 9.36 Å². The molecule has 0 saturated heterocycles. The van der Waals surface area contributed by atoms with Gasteiger partial charge in [-0.1, -0.05) is 24.3 Å². The van der Waals surface area contributed by atoms with Gasteiger partial charge in [0.1, 0.15) is 0 Å². The van der Waals surface area contributed by atoms with E-state index in [1.807, 2.05) is 37.3 Å². The average molecular weight is 400 g/mol. The van der Waals surface area contributed by atoms with Crippen molar-refractivity contribution < 1.29 is 9.15 Å². The summed E-state index contributed by atoms with van der Waals surface area (Å²) in [4.78, 5) is 16.5. The van der Waals surface area contributed by atoms with E-state index in [0.29, 0.717) is 31.3 Å².